The first-order valence-electron chi connectivity index (χ1n) is 4.93. The molecular weight excluding hydrogens is 196 g/mol. The molecule has 1 unspecified atom stereocenters. The van der Waals surface area contributed by atoms with E-state index >= 15 is 0 Å². The van der Waals surface area contributed by atoms with Crippen molar-refractivity contribution < 1.29 is 14.3 Å². The molecule has 0 aromatic rings. The molecule has 0 aliphatic heterocycles. The van der Waals surface area contributed by atoms with Crippen LogP contribution in [0, 0.1) is 0 Å². The molecule has 5 nitrogen and oxygen atoms in total. The van der Waals surface area contributed by atoms with E-state index < -0.39 is 6.04 Å². The van der Waals surface area contributed by atoms with Gasteiger partial charge in [-0.15, -0.1) is 6.58 Å². The van der Waals surface area contributed by atoms with Gasteiger partial charge in [-0.1, -0.05) is 6.08 Å². The SMILES string of the molecule is C=CCCOCCNC(=O)C(N)COC. The van der Waals surface area contributed by atoms with Crippen molar-refractivity contribution in [1.82, 2.24) is 5.32 Å². The Bertz CT molecular complexity index is 186. The summed E-state index contributed by atoms with van der Waals surface area (Å²) >= 11 is 0. The van der Waals surface area contributed by atoms with Crippen molar-refractivity contribution in [3.05, 3.63) is 12.7 Å². The van der Waals surface area contributed by atoms with Crippen LogP contribution in [0.4, 0.5) is 0 Å². The first kappa shape index (κ1) is 14.1. The van der Waals surface area contributed by atoms with Crippen molar-refractivity contribution in [1.29, 1.82) is 0 Å². The lowest BCUT2D eigenvalue weighted by Gasteiger charge is -2.10. The molecule has 0 aliphatic carbocycles. The zero-order chi connectivity index (χ0) is 11.5. The molecule has 88 valence electrons. The van der Waals surface area contributed by atoms with E-state index in [0.717, 1.165) is 6.42 Å². The van der Waals surface area contributed by atoms with E-state index in [9.17, 15) is 4.79 Å². The third kappa shape index (κ3) is 8.11. The van der Waals surface area contributed by atoms with Gasteiger partial charge in [0, 0.05) is 13.7 Å². The van der Waals surface area contributed by atoms with E-state index in [0.29, 0.717) is 19.8 Å². The number of nitrogens with one attached hydrogen (secondary N) is 1. The minimum absolute atomic E-state index is 0.218. The minimum atomic E-state index is -0.608. The lowest BCUT2D eigenvalue weighted by Crippen LogP contribution is -2.44. The number of nitrogens with two attached hydrogens (primary N) is 1. The molecule has 0 spiro atoms. The number of ether oxygens (including phenoxy) is 2. The van der Waals surface area contributed by atoms with Crippen molar-refractivity contribution in [3.63, 3.8) is 0 Å². The smallest absolute Gasteiger partial charge is 0.239 e. The van der Waals surface area contributed by atoms with E-state index in [2.05, 4.69) is 11.9 Å². The second kappa shape index (κ2) is 9.64. The van der Waals surface area contributed by atoms with Gasteiger partial charge >= 0.3 is 0 Å². The van der Waals surface area contributed by atoms with Gasteiger partial charge in [0.1, 0.15) is 6.04 Å². The summed E-state index contributed by atoms with van der Waals surface area (Å²) in [7, 11) is 1.51. The zero-order valence-electron chi connectivity index (χ0n) is 9.20. The molecule has 1 atom stereocenters. The predicted octanol–water partition coefficient (Wildman–Crippen LogP) is -0.331. The van der Waals surface area contributed by atoms with Crippen LogP contribution in [-0.2, 0) is 14.3 Å². The van der Waals surface area contributed by atoms with Gasteiger partial charge < -0.3 is 20.5 Å². The van der Waals surface area contributed by atoms with E-state index in [1.165, 1.54) is 7.11 Å². The largest absolute Gasteiger partial charge is 0.383 e. The van der Waals surface area contributed by atoms with Crippen LogP contribution < -0.4 is 11.1 Å². The second-order valence-electron chi connectivity index (χ2n) is 3.04. The second-order valence-corrected chi connectivity index (χ2v) is 3.04. The maximum atomic E-state index is 11.2. The monoisotopic (exact) mass is 216 g/mol. The molecule has 0 radical (unpaired) electrons. The molecule has 0 aromatic heterocycles. The number of hydrogen-bond acceptors (Lipinski definition) is 4. The van der Waals surface area contributed by atoms with Crippen molar-refractivity contribution >= 4 is 5.91 Å². The fourth-order valence-electron chi connectivity index (χ4n) is 0.901. The van der Waals surface area contributed by atoms with Gasteiger partial charge in [0.25, 0.3) is 0 Å². The van der Waals surface area contributed by atoms with Gasteiger partial charge in [-0.2, -0.15) is 0 Å². The summed E-state index contributed by atoms with van der Waals surface area (Å²) in [4.78, 5) is 11.2. The molecule has 5 heteroatoms. The molecule has 0 rings (SSSR count). The maximum absolute atomic E-state index is 11.2. The molecule has 0 aromatic carbocycles. The van der Waals surface area contributed by atoms with Gasteiger partial charge in [0.15, 0.2) is 0 Å². The fraction of sp³-hybridized carbons (Fsp3) is 0.700. The van der Waals surface area contributed by atoms with E-state index in [-0.39, 0.29) is 12.5 Å². The number of hydrogen-bond donors (Lipinski definition) is 2. The third-order valence-electron chi connectivity index (χ3n) is 1.69. The Labute approximate surface area is 90.6 Å². The van der Waals surface area contributed by atoms with Crippen molar-refractivity contribution in [3.8, 4) is 0 Å². The Morgan fingerprint density at radius 1 is 1.60 bits per heavy atom. The van der Waals surface area contributed by atoms with Crippen molar-refractivity contribution in [2.24, 2.45) is 5.73 Å². The molecular formula is C10H20N2O3. The molecule has 3 N–H and O–H groups in total. The topological polar surface area (TPSA) is 73.6 Å². The Morgan fingerprint density at radius 2 is 2.33 bits per heavy atom. The van der Waals surface area contributed by atoms with Gasteiger partial charge in [-0.25, -0.2) is 0 Å². The van der Waals surface area contributed by atoms with Crippen LogP contribution in [0.25, 0.3) is 0 Å². The Hall–Kier alpha value is -0.910. The molecule has 0 saturated carbocycles. The van der Waals surface area contributed by atoms with Crippen LogP contribution in [0.1, 0.15) is 6.42 Å². The highest BCUT2D eigenvalue weighted by Crippen LogP contribution is 1.83. The quantitative estimate of drug-likeness (QED) is 0.409. The van der Waals surface area contributed by atoms with Crippen LogP contribution in [-0.4, -0.2) is 45.4 Å². The van der Waals surface area contributed by atoms with Crippen LogP contribution in [0.2, 0.25) is 0 Å². The number of amides is 1. The number of rotatable bonds is 9. The number of carbonyl (C=O) groups excluding carboxylic acids is 1. The molecule has 0 fully saturated rings. The number of carbonyl (C=O) groups is 1. The Morgan fingerprint density at radius 3 is 2.93 bits per heavy atom. The van der Waals surface area contributed by atoms with E-state index in [1.54, 1.807) is 6.08 Å². The molecule has 0 saturated heterocycles. The highest BCUT2D eigenvalue weighted by molar-refractivity contribution is 5.81. The van der Waals surface area contributed by atoms with Crippen molar-refractivity contribution in [2.45, 2.75) is 12.5 Å². The average molecular weight is 216 g/mol. The molecule has 0 heterocycles. The third-order valence-corrected chi connectivity index (χ3v) is 1.69. The van der Waals surface area contributed by atoms with Gasteiger partial charge in [-0.3, -0.25) is 4.79 Å². The van der Waals surface area contributed by atoms with E-state index in [1.807, 2.05) is 0 Å². The summed E-state index contributed by atoms with van der Waals surface area (Å²) in [5.41, 5.74) is 5.50. The van der Waals surface area contributed by atoms with Gasteiger partial charge in [0.2, 0.25) is 5.91 Å². The van der Waals surface area contributed by atoms with Gasteiger partial charge in [0.05, 0.1) is 19.8 Å². The summed E-state index contributed by atoms with van der Waals surface area (Å²) in [6.45, 7) is 5.38. The highest BCUT2D eigenvalue weighted by atomic mass is 16.5. The zero-order valence-corrected chi connectivity index (χ0v) is 9.20. The Kier molecular flexibility index (Phi) is 9.05. The van der Waals surface area contributed by atoms with Crippen LogP contribution in [0.3, 0.4) is 0 Å². The highest BCUT2D eigenvalue weighted by Gasteiger charge is 2.11. The summed E-state index contributed by atoms with van der Waals surface area (Å²) in [5.74, 6) is -0.218. The lowest BCUT2D eigenvalue weighted by molar-refractivity contribution is -0.123. The summed E-state index contributed by atoms with van der Waals surface area (Å²) < 4.78 is 9.96. The molecule has 0 bridgehead atoms. The lowest BCUT2D eigenvalue weighted by atomic mass is 10.3. The first-order valence-corrected chi connectivity index (χ1v) is 4.93. The first-order chi connectivity index (χ1) is 7.22. The van der Waals surface area contributed by atoms with Crippen LogP contribution in [0.5, 0.6) is 0 Å². The standard InChI is InChI=1S/C10H20N2O3/c1-3-4-6-15-7-5-12-10(13)9(11)8-14-2/h3,9H,1,4-8,11H2,2H3,(H,12,13). The summed E-state index contributed by atoms with van der Waals surface area (Å²) in [6, 6.07) is -0.608. The van der Waals surface area contributed by atoms with Crippen LogP contribution in [0.15, 0.2) is 12.7 Å². The van der Waals surface area contributed by atoms with Crippen molar-refractivity contribution in [2.75, 3.05) is 33.5 Å². The molecule has 0 aliphatic rings. The van der Waals surface area contributed by atoms with Crippen LogP contribution >= 0.6 is 0 Å². The average Bonchev–Trinajstić information content (AvgIpc) is 2.23. The predicted molar refractivity (Wildman–Crippen MR) is 58.5 cm³/mol. The number of methoxy groups -OCH3 is 1. The molecule has 1 amide bonds. The maximum Gasteiger partial charge on any atom is 0.239 e. The summed E-state index contributed by atoms with van der Waals surface area (Å²) in [6.07, 6.45) is 2.60. The normalized spacial score (nSPS) is 12.1. The minimum Gasteiger partial charge on any atom is -0.383 e. The Balaban J connectivity index is 3.34. The van der Waals surface area contributed by atoms with Gasteiger partial charge in [-0.05, 0) is 6.42 Å². The van der Waals surface area contributed by atoms with E-state index in [4.69, 9.17) is 15.2 Å². The molecule has 15 heavy (non-hydrogen) atoms. The fourth-order valence-corrected chi connectivity index (χ4v) is 0.901. The summed E-state index contributed by atoms with van der Waals surface area (Å²) in [5, 5.41) is 2.65.